The van der Waals surface area contributed by atoms with Crippen LogP contribution in [-0.4, -0.2) is 37.6 Å². The minimum Gasteiger partial charge on any atom is -0.497 e. The largest absolute Gasteiger partial charge is 0.497 e. The molecule has 0 unspecified atom stereocenters. The monoisotopic (exact) mass is 369 g/mol. The van der Waals surface area contributed by atoms with Crippen LogP contribution in [0, 0.1) is 0 Å². The van der Waals surface area contributed by atoms with Crippen LogP contribution < -0.4 is 21.1 Å². The molecule has 1 saturated carbocycles. The van der Waals surface area contributed by atoms with Gasteiger partial charge < -0.3 is 21.1 Å². The van der Waals surface area contributed by atoms with Crippen LogP contribution in [0.5, 0.6) is 5.75 Å². The lowest BCUT2D eigenvalue weighted by atomic mass is 9.90. The van der Waals surface area contributed by atoms with Gasteiger partial charge >= 0.3 is 0 Å². The molecular formula is C21H27N3O3. The quantitative estimate of drug-likeness (QED) is 0.729. The summed E-state index contributed by atoms with van der Waals surface area (Å²) in [5, 5.41) is 8.19. The van der Waals surface area contributed by atoms with E-state index in [2.05, 4.69) is 10.6 Å². The average molecular weight is 369 g/mol. The fourth-order valence-corrected chi connectivity index (χ4v) is 3.57. The van der Waals surface area contributed by atoms with E-state index < -0.39 is 0 Å². The lowest BCUT2D eigenvalue weighted by Crippen LogP contribution is -2.44. The molecule has 2 aromatic carbocycles. The Morgan fingerprint density at radius 1 is 1.00 bits per heavy atom. The van der Waals surface area contributed by atoms with Crippen molar-refractivity contribution >= 4 is 22.6 Å². The minimum atomic E-state index is -0.0525. The normalized spacial score (nSPS) is 19.5. The lowest BCUT2D eigenvalue weighted by Gasteiger charge is -2.29. The highest BCUT2D eigenvalue weighted by atomic mass is 16.5. The van der Waals surface area contributed by atoms with Gasteiger partial charge in [-0.15, -0.1) is 0 Å². The van der Waals surface area contributed by atoms with E-state index in [0.717, 1.165) is 42.2 Å². The van der Waals surface area contributed by atoms with Crippen LogP contribution in [0.4, 0.5) is 0 Å². The SMILES string of the molecule is COc1ccc2cc(C(=O)NC3CCC(NC(=O)CCN)CC3)ccc2c1. The number of rotatable bonds is 6. The van der Waals surface area contributed by atoms with Crippen LogP contribution in [0.2, 0.25) is 0 Å². The fourth-order valence-electron chi connectivity index (χ4n) is 3.57. The van der Waals surface area contributed by atoms with Crippen molar-refractivity contribution in [1.82, 2.24) is 10.6 Å². The Morgan fingerprint density at radius 2 is 1.63 bits per heavy atom. The molecule has 2 aromatic rings. The number of carbonyl (C=O) groups excluding carboxylic acids is 2. The number of carbonyl (C=O) groups is 2. The summed E-state index contributed by atoms with van der Waals surface area (Å²) in [7, 11) is 1.64. The molecule has 27 heavy (non-hydrogen) atoms. The maximum absolute atomic E-state index is 12.6. The van der Waals surface area contributed by atoms with Gasteiger partial charge in [0.25, 0.3) is 5.91 Å². The summed E-state index contributed by atoms with van der Waals surface area (Å²) in [4.78, 5) is 24.2. The molecule has 0 aromatic heterocycles. The van der Waals surface area contributed by atoms with Crippen molar-refractivity contribution in [2.45, 2.75) is 44.2 Å². The van der Waals surface area contributed by atoms with Crippen molar-refractivity contribution in [1.29, 1.82) is 0 Å². The van der Waals surface area contributed by atoms with Crippen LogP contribution >= 0.6 is 0 Å². The van der Waals surface area contributed by atoms with Crippen molar-refractivity contribution in [2.24, 2.45) is 5.73 Å². The van der Waals surface area contributed by atoms with Crippen molar-refractivity contribution in [3.05, 3.63) is 42.0 Å². The highest BCUT2D eigenvalue weighted by Gasteiger charge is 2.23. The zero-order valence-corrected chi connectivity index (χ0v) is 15.7. The number of fused-ring (bicyclic) bond motifs is 1. The first-order chi connectivity index (χ1) is 13.1. The summed E-state index contributed by atoms with van der Waals surface area (Å²) in [6.07, 6.45) is 3.84. The molecular weight excluding hydrogens is 342 g/mol. The Morgan fingerprint density at radius 3 is 2.30 bits per heavy atom. The summed E-state index contributed by atoms with van der Waals surface area (Å²) in [6, 6.07) is 11.8. The molecule has 0 saturated heterocycles. The van der Waals surface area contributed by atoms with Gasteiger partial charge in [0.15, 0.2) is 0 Å². The highest BCUT2D eigenvalue weighted by molar-refractivity contribution is 5.99. The Hall–Kier alpha value is -2.60. The molecule has 3 rings (SSSR count). The number of amides is 2. The van der Waals surface area contributed by atoms with E-state index in [1.807, 2.05) is 36.4 Å². The second kappa shape index (κ2) is 8.86. The molecule has 144 valence electrons. The predicted octanol–water partition coefficient (Wildman–Crippen LogP) is 2.35. The molecule has 6 nitrogen and oxygen atoms in total. The number of nitrogens with two attached hydrogens (primary N) is 1. The zero-order chi connectivity index (χ0) is 19.2. The molecule has 0 radical (unpaired) electrons. The maximum Gasteiger partial charge on any atom is 0.251 e. The fraction of sp³-hybridized carbons (Fsp3) is 0.429. The highest BCUT2D eigenvalue weighted by Crippen LogP contribution is 2.23. The Labute approximate surface area is 159 Å². The first kappa shape index (κ1) is 19.2. The molecule has 0 spiro atoms. The standard InChI is InChI=1S/C21H27N3O3/c1-27-19-9-4-14-12-16(3-2-15(14)13-19)21(26)24-18-7-5-17(6-8-18)23-20(25)10-11-22/h2-4,9,12-13,17-18H,5-8,10-11,22H2,1H3,(H,23,25)(H,24,26). The third kappa shape index (κ3) is 4.98. The molecule has 0 aliphatic heterocycles. The minimum absolute atomic E-state index is 0.0118. The van der Waals surface area contributed by atoms with Crippen molar-refractivity contribution in [3.63, 3.8) is 0 Å². The van der Waals surface area contributed by atoms with Crippen molar-refractivity contribution in [2.75, 3.05) is 13.7 Å². The van der Waals surface area contributed by atoms with E-state index in [9.17, 15) is 9.59 Å². The summed E-state index contributed by atoms with van der Waals surface area (Å²) < 4.78 is 5.23. The third-order valence-corrected chi connectivity index (χ3v) is 5.11. The number of ether oxygens (including phenoxy) is 1. The summed E-state index contributed by atoms with van der Waals surface area (Å²) in [5.74, 6) is 0.760. The first-order valence-corrected chi connectivity index (χ1v) is 9.47. The smallest absolute Gasteiger partial charge is 0.251 e. The number of methoxy groups -OCH3 is 1. The lowest BCUT2D eigenvalue weighted by molar-refractivity contribution is -0.121. The average Bonchev–Trinajstić information content (AvgIpc) is 2.68. The first-order valence-electron chi connectivity index (χ1n) is 9.47. The van der Waals surface area contributed by atoms with E-state index in [1.165, 1.54) is 0 Å². The maximum atomic E-state index is 12.6. The van der Waals surface area contributed by atoms with Crippen LogP contribution in [0.3, 0.4) is 0 Å². The molecule has 1 aliphatic carbocycles. The van der Waals surface area contributed by atoms with Gasteiger partial charge in [-0.25, -0.2) is 0 Å². The van der Waals surface area contributed by atoms with Crippen LogP contribution in [0.1, 0.15) is 42.5 Å². The van der Waals surface area contributed by atoms with Crippen LogP contribution in [0.15, 0.2) is 36.4 Å². The van der Waals surface area contributed by atoms with Gasteiger partial charge in [0, 0.05) is 30.6 Å². The van der Waals surface area contributed by atoms with Crippen LogP contribution in [-0.2, 0) is 4.79 Å². The van der Waals surface area contributed by atoms with E-state index in [4.69, 9.17) is 10.5 Å². The van der Waals surface area contributed by atoms with Gasteiger partial charge in [-0.05, 0) is 60.7 Å². The Bertz CT molecular complexity index is 813. The Kier molecular flexibility index (Phi) is 6.29. The molecule has 2 amide bonds. The van der Waals surface area contributed by atoms with Crippen molar-refractivity contribution in [3.8, 4) is 5.75 Å². The van der Waals surface area contributed by atoms with E-state index in [-0.39, 0.29) is 23.9 Å². The second-order valence-electron chi connectivity index (χ2n) is 7.06. The van der Waals surface area contributed by atoms with Gasteiger partial charge in [0.1, 0.15) is 5.75 Å². The molecule has 0 atom stereocenters. The van der Waals surface area contributed by atoms with E-state index >= 15 is 0 Å². The third-order valence-electron chi connectivity index (χ3n) is 5.11. The predicted molar refractivity (Wildman–Crippen MR) is 106 cm³/mol. The van der Waals surface area contributed by atoms with Crippen molar-refractivity contribution < 1.29 is 14.3 Å². The van der Waals surface area contributed by atoms with Gasteiger partial charge in [-0.3, -0.25) is 9.59 Å². The topological polar surface area (TPSA) is 93.5 Å². The zero-order valence-electron chi connectivity index (χ0n) is 15.7. The summed E-state index contributed by atoms with van der Waals surface area (Å²) in [6.45, 7) is 0.371. The van der Waals surface area contributed by atoms with Gasteiger partial charge in [-0.1, -0.05) is 12.1 Å². The summed E-state index contributed by atoms with van der Waals surface area (Å²) >= 11 is 0. The summed E-state index contributed by atoms with van der Waals surface area (Å²) in [5.41, 5.74) is 6.06. The number of benzene rings is 2. The molecule has 1 aliphatic rings. The molecule has 0 bridgehead atoms. The molecule has 6 heteroatoms. The molecule has 0 heterocycles. The van der Waals surface area contributed by atoms with Gasteiger partial charge in [0.2, 0.25) is 5.91 Å². The van der Waals surface area contributed by atoms with Crippen LogP contribution in [0.25, 0.3) is 10.8 Å². The number of hydrogen-bond donors (Lipinski definition) is 3. The number of nitrogens with one attached hydrogen (secondary N) is 2. The number of hydrogen-bond acceptors (Lipinski definition) is 4. The van der Waals surface area contributed by atoms with E-state index in [0.29, 0.717) is 18.5 Å². The Balaban J connectivity index is 1.55. The van der Waals surface area contributed by atoms with Gasteiger partial charge in [-0.2, -0.15) is 0 Å². The second-order valence-corrected chi connectivity index (χ2v) is 7.06. The van der Waals surface area contributed by atoms with E-state index in [1.54, 1.807) is 7.11 Å². The van der Waals surface area contributed by atoms with Gasteiger partial charge in [0.05, 0.1) is 7.11 Å². The molecule has 1 fully saturated rings. The molecule has 4 N–H and O–H groups in total.